The number of hydrazone groups is 1. The van der Waals surface area contributed by atoms with Gasteiger partial charge in [-0.25, -0.2) is 0 Å². The van der Waals surface area contributed by atoms with E-state index in [0.29, 0.717) is 0 Å². The number of rotatable bonds is 4. The number of nitrogens with zero attached hydrogens (tertiary/aromatic N) is 3. The topological polar surface area (TPSA) is 44.9 Å². The maximum Gasteiger partial charge on any atom is 0.0538 e. The van der Waals surface area contributed by atoms with Gasteiger partial charge in [-0.1, -0.05) is 25.1 Å². The van der Waals surface area contributed by atoms with Crippen LogP contribution in [0.4, 0.5) is 0 Å². The molecule has 0 atom stereocenters. The maximum absolute atomic E-state index is 5.18. The Balaban J connectivity index is 1.91. The molecule has 0 radical (unpaired) electrons. The van der Waals surface area contributed by atoms with E-state index in [1.807, 2.05) is 6.07 Å². The zero-order valence-electron chi connectivity index (χ0n) is 11.0. The number of benzene rings is 1. The molecular formula is C14H22N4. The van der Waals surface area contributed by atoms with Gasteiger partial charge in [0.25, 0.3) is 0 Å². The summed E-state index contributed by atoms with van der Waals surface area (Å²) in [6, 6.07) is 8.41. The van der Waals surface area contributed by atoms with E-state index >= 15 is 0 Å². The first kappa shape index (κ1) is 13.1. The van der Waals surface area contributed by atoms with Gasteiger partial charge < -0.3 is 10.7 Å². The molecule has 1 fully saturated rings. The van der Waals surface area contributed by atoms with Gasteiger partial charge in [-0.15, -0.1) is 0 Å². The van der Waals surface area contributed by atoms with E-state index in [4.69, 9.17) is 5.84 Å². The molecule has 98 valence electrons. The van der Waals surface area contributed by atoms with Gasteiger partial charge in [0.15, 0.2) is 0 Å². The zero-order valence-corrected chi connectivity index (χ0v) is 11.0. The molecule has 0 amide bonds. The third kappa shape index (κ3) is 3.55. The Morgan fingerprint density at radius 1 is 1.22 bits per heavy atom. The van der Waals surface area contributed by atoms with Gasteiger partial charge in [0.05, 0.1) is 6.21 Å². The molecule has 0 spiro atoms. The summed E-state index contributed by atoms with van der Waals surface area (Å²) in [6.45, 7) is 9.08. The summed E-state index contributed by atoms with van der Waals surface area (Å²) in [4.78, 5) is 5.00. The van der Waals surface area contributed by atoms with Crippen molar-refractivity contribution in [1.82, 2.24) is 9.80 Å². The minimum absolute atomic E-state index is 1.02. The third-order valence-corrected chi connectivity index (χ3v) is 3.49. The van der Waals surface area contributed by atoms with Crippen LogP contribution < -0.4 is 5.84 Å². The fourth-order valence-corrected chi connectivity index (χ4v) is 2.38. The molecular weight excluding hydrogens is 224 g/mol. The summed E-state index contributed by atoms with van der Waals surface area (Å²) in [5, 5.41) is 3.57. The van der Waals surface area contributed by atoms with Crippen molar-refractivity contribution < 1.29 is 0 Å². The highest BCUT2D eigenvalue weighted by Crippen LogP contribution is 2.09. The van der Waals surface area contributed by atoms with E-state index < -0.39 is 0 Å². The summed E-state index contributed by atoms with van der Waals surface area (Å²) in [5.74, 6) is 5.18. The highest BCUT2D eigenvalue weighted by atomic mass is 15.3. The van der Waals surface area contributed by atoms with Crippen LogP contribution in [0.2, 0.25) is 0 Å². The van der Waals surface area contributed by atoms with Crippen molar-refractivity contribution in [1.29, 1.82) is 0 Å². The Labute approximate surface area is 109 Å². The van der Waals surface area contributed by atoms with Crippen molar-refractivity contribution in [2.75, 3.05) is 32.7 Å². The van der Waals surface area contributed by atoms with E-state index in [2.05, 4.69) is 40.0 Å². The van der Waals surface area contributed by atoms with Gasteiger partial charge in [0.2, 0.25) is 0 Å². The van der Waals surface area contributed by atoms with Crippen LogP contribution in [0.25, 0.3) is 0 Å². The molecule has 1 heterocycles. The minimum atomic E-state index is 1.02. The number of hydrogen-bond acceptors (Lipinski definition) is 4. The van der Waals surface area contributed by atoms with Crippen molar-refractivity contribution >= 4 is 6.21 Å². The summed E-state index contributed by atoms with van der Waals surface area (Å²) >= 11 is 0. The Kier molecular flexibility index (Phi) is 4.73. The van der Waals surface area contributed by atoms with Crippen LogP contribution in [0, 0.1) is 0 Å². The van der Waals surface area contributed by atoms with Crippen molar-refractivity contribution in [3.63, 3.8) is 0 Å². The number of likely N-dealkylation sites (N-methyl/N-ethyl adjacent to an activating group) is 1. The first-order valence-corrected chi connectivity index (χ1v) is 6.58. The lowest BCUT2D eigenvalue weighted by atomic mass is 10.1. The Morgan fingerprint density at radius 2 is 1.94 bits per heavy atom. The molecule has 1 saturated heterocycles. The first-order chi connectivity index (χ1) is 8.81. The second-order valence-corrected chi connectivity index (χ2v) is 4.73. The Bertz CT molecular complexity index is 395. The quantitative estimate of drug-likeness (QED) is 0.492. The fraction of sp³-hybridized carbons (Fsp3) is 0.500. The number of piperazine rings is 1. The smallest absolute Gasteiger partial charge is 0.0538 e. The molecule has 1 aliphatic rings. The summed E-state index contributed by atoms with van der Waals surface area (Å²) in [7, 11) is 0. The number of hydrogen-bond donors (Lipinski definition) is 1. The van der Waals surface area contributed by atoms with Crippen LogP contribution in [-0.4, -0.2) is 48.7 Å². The van der Waals surface area contributed by atoms with Crippen LogP contribution >= 0.6 is 0 Å². The second kappa shape index (κ2) is 6.52. The van der Waals surface area contributed by atoms with Gasteiger partial charge in [0.1, 0.15) is 0 Å². The molecule has 4 nitrogen and oxygen atoms in total. The zero-order chi connectivity index (χ0) is 12.8. The van der Waals surface area contributed by atoms with Gasteiger partial charge in [-0.2, -0.15) is 5.10 Å². The summed E-state index contributed by atoms with van der Waals surface area (Å²) in [6.07, 6.45) is 1.69. The van der Waals surface area contributed by atoms with Gasteiger partial charge in [0, 0.05) is 32.7 Å². The van der Waals surface area contributed by atoms with Gasteiger partial charge >= 0.3 is 0 Å². The molecule has 1 aliphatic heterocycles. The molecule has 2 rings (SSSR count). The summed E-state index contributed by atoms with van der Waals surface area (Å²) < 4.78 is 0. The van der Waals surface area contributed by atoms with Crippen LogP contribution in [-0.2, 0) is 6.54 Å². The second-order valence-electron chi connectivity index (χ2n) is 4.73. The van der Waals surface area contributed by atoms with E-state index in [-0.39, 0.29) is 0 Å². The molecule has 2 N–H and O–H groups in total. The van der Waals surface area contributed by atoms with Gasteiger partial charge in [-0.05, 0) is 23.7 Å². The average Bonchev–Trinajstić information content (AvgIpc) is 2.40. The SMILES string of the molecule is CCN1CCN(Cc2cccc(C=NN)c2)CC1. The molecule has 0 aromatic heterocycles. The highest BCUT2D eigenvalue weighted by molar-refractivity contribution is 5.79. The van der Waals surface area contributed by atoms with Crippen molar-refractivity contribution in [3.8, 4) is 0 Å². The molecule has 1 aromatic rings. The highest BCUT2D eigenvalue weighted by Gasteiger charge is 2.15. The monoisotopic (exact) mass is 246 g/mol. The van der Waals surface area contributed by atoms with Crippen LogP contribution in [0.3, 0.4) is 0 Å². The lowest BCUT2D eigenvalue weighted by Gasteiger charge is -2.34. The third-order valence-electron chi connectivity index (χ3n) is 3.49. The van der Waals surface area contributed by atoms with E-state index in [0.717, 1.165) is 31.7 Å². The Hall–Kier alpha value is -1.39. The fourth-order valence-electron chi connectivity index (χ4n) is 2.38. The first-order valence-electron chi connectivity index (χ1n) is 6.58. The van der Waals surface area contributed by atoms with E-state index in [9.17, 15) is 0 Å². The lowest BCUT2D eigenvalue weighted by Crippen LogP contribution is -2.45. The minimum Gasteiger partial charge on any atom is -0.323 e. The largest absolute Gasteiger partial charge is 0.323 e. The molecule has 0 unspecified atom stereocenters. The number of nitrogens with two attached hydrogens (primary N) is 1. The van der Waals surface area contributed by atoms with Crippen molar-refractivity contribution in [2.24, 2.45) is 10.9 Å². The molecule has 0 aliphatic carbocycles. The molecule has 4 heteroatoms. The maximum atomic E-state index is 5.18. The predicted octanol–water partition coefficient (Wildman–Crippen LogP) is 1.12. The van der Waals surface area contributed by atoms with Crippen LogP contribution in [0.5, 0.6) is 0 Å². The van der Waals surface area contributed by atoms with Crippen molar-refractivity contribution in [2.45, 2.75) is 13.5 Å². The Morgan fingerprint density at radius 3 is 2.61 bits per heavy atom. The summed E-state index contributed by atoms with van der Waals surface area (Å²) in [5.41, 5.74) is 2.40. The predicted molar refractivity (Wildman–Crippen MR) is 75.6 cm³/mol. The lowest BCUT2D eigenvalue weighted by molar-refractivity contribution is 0.132. The van der Waals surface area contributed by atoms with Crippen LogP contribution in [0.15, 0.2) is 29.4 Å². The van der Waals surface area contributed by atoms with E-state index in [1.165, 1.54) is 18.7 Å². The molecule has 18 heavy (non-hydrogen) atoms. The normalized spacial score (nSPS) is 18.5. The van der Waals surface area contributed by atoms with Gasteiger partial charge in [-0.3, -0.25) is 4.90 Å². The van der Waals surface area contributed by atoms with Crippen LogP contribution in [0.1, 0.15) is 18.1 Å². The molecule has 1 aromatic carbocycles. The standard InChI is InChI=1S/C14H22N4/c1-2-17-6-8-18(9-7-17)12-14-5-3-4-13(10-14)11-16-15/h3-5,10-11H,2,6-9,12,15H2,1H3. The average molecular weight is 246 g/mol. The molecule has 0 bridgehead atoms. The van der Waals surface area contributed by atoms with Crippen molar-refractivity contribution in [3.05, 3.63) is 35.4 Å². The van der Waals surface area contributed by atoms with E-state index in [1.54, 1.807) is 6.21 Å². The molecule has 0 saturated carbocycles.